The first-order valence-corrected chi connectivity index (χ1v) is 6.30. The molecule has 0 aliphatic carbocycles. The van der Waals surface area contributed by atoms with Crippen molar-refractivity contribution in [3.05, 3.63) is 33.2 Å². The molecule has 0 spiro atoms. The molecule has 8 heteroatoms. The van der Waals surface area contributed by atoms with Crippen LogP contribution in [-0.4, -0.2) is 11.7 Å². The molecule has 0 bridgehead atoms. The van der Waals surface area contributed by atoms with Crippen LogP contribution in [-0.2, 0) is 6.42 Å². The Morgan fingerprint density at radius 3 is 2.47 bits per heavy atom. The average Bonchev–Trinajstić information content (AvgIpc) is 2.87. The second kappa shape index (κ2) is 11.1. The molecule has 0 fully saturated rings. The van der Waals surface area contributed by atoms with E-state index in [2.05, 4.69) is 4.98 Å². The first-order valence-electron chi connectivity index (χ1n) is 4.48. The number of rotatable bonds is 2. The van der Waals surface area contributed by atoms with E-state index in [-0.39, 0.29) is 40.6 Å². The average molecular weight is 405 g/mol. The zero-order chi connectivity index (χ0) is 11.1. The number of halogens is 2. The molecule has 0 atom stereocenters. The van der Waals surface area contributed by atoms with Gasteiger partial charge < -0.3 is 39.1 Å². The standard InChI is InChI=1S/C6H11N2OS.C3H3NS.2BrH/c1-5-6(2-3-9)10-4-8(5)7;1-2-5-3-4-1;;/h4,9H,2-3,7H2,1H3;1-3H;2*1H/q+1;;;/p-1. The number of thiazole rings is 2. The van der Waals surface area contributed by atoms with E-state index in [1.165, 1.54) is 0 Å². The van der Waals surface area contributed by atoms with Crippen molar-refractivity contribution in [2.24, 2.45) is 0 Å². The number of nitrogen functional groups attached to an aromatic ring is 1. The zero-order valence-electron chi connectivity index (χ0n) is 9.27. The summed E-state index contributed by atoms with van der Waals surface area (Å²) in [4.78, 5) is 4.04. The van der Waals surface area contributed by atoms with Crippen LogP contribution in [0.15, 0.2) is 22.6 Å². The highest BCUT2D eigenvalue weighted by molar-refractivity contribution is 7.09. The van der Waals surface area contributed by atoms with E-state index in [0.717, 1.165) is 10.6 Å². The molecule has 0 unspecified atom stereocenters. The van der Waals surface area contributed by atoms with Crippen LogP contribution in [0, 0.1) is 6.92 Å². The van der Waals surface area contributed by atoms with Crippen molar-refractivity contribution in [3.63, 3.8) is 0 Å². The van der Waals surface area contributed by atoms with Crippen molar-refractivity contribution in [1.29, 1.82) is 0 Å². The molecule has 0 aliphatic heterocycles. The Balaban J connectivity index is 0. The van der Waals surface area contributed by atoms with E-state index in [0.29, 0.717) is 6.42 Å². The molecule has 0 aliphatic rings. The van der Waals surface area contributed by atoms with Gasteiger partial charge >= 0.3 is 0 Å². The van der Waals surface area contributed by atoms with Gasteiger partial charge in [0, 0.05) is 20.0 Å². The summed E-state index contributed by atoms with van der Waals surface area (Å²) in [5.41, 5.74) is 4.79. The van der Waals surface area contributed by atoms with Crippen molar-refractivity contribution in [1.82, 2.24) is 0 Å². The minimum absolute atomic E-state index is 0. The number of H-pyrrole nitrogens is 1. The third-order valence-corrected chi connectivity index (χ3v) is 3.50. The van der Waals surface area contributed by atoms with Crippen LogP contribution in [0.2, 0.25) is 0 Å². The van der Waals surface area contributed by atoms with Gasteiger partial charge in [-0.05, 0) is 0 Å². The number of aromatic nitrogens is 2. The Hall–Kier alpha value is -0.0200. The smallest absolute Gasteiger partial charge is 0.254 e. The molecule has 17 heavy (non-hydrogen) atoms. The van der Waals surface area contributed by atoms with Crippen LogP contribution in [0.5, 0.6) is 0 Å². The van der Waals surface area contributed by atoms with Gasteiger partial charge in [-0.15, -0.1) is 0 Å². The van der Waals surface area contributed by atoms with Gasteiger partial charge in [0.05, 0.1) is 10.3 Å². The zero-order valence-corrected chi connectivity index (χ0v) is 14.1. The van der Waals surface area contributed by atoms with Gasteiger partial charge in [-0.2, -0.15) is 0 Å². The third kappa shape index (κ3) is 7.10. The maximum absolute atomic E-state index is 8.61. The molecular formula is C9H15Br2N3OS2. The van der Waals surface area contributed by atoms with E-state index < -0.39 is 0 Å². The maximum Gasteiger partial charge on any atom is 0.254 e. The summed E-state index contributed by atoms with van der Waals surface area (Å²) in [5, 5.41) is 10.6. The fourth-order valence-electron chi connectivity index (χ4n) is 0.967. The molecule has 2 aromatic heterocycles. The number of nitrogens with zero attached hydrogens (tertiary/aromatic N) is 1. The lowest BCUT2D eigenvalue weighted by Crippen LogP contribution is -3.00. The number of nitrogens with one attached hydrogen (secondary N) is 1. The first kappa shape index (κ1) is 19.3. The number of nitrogens with two attached hydrogens (primary N) is 1. The summed E-state index contributed by atoms with van der Waals surface area (Å²) in [6.07, 6.45) is 2.60. The largest absolute Gasteiger partial charge is 1.00 e. The number of aromatic amines is 1. The summed E-state index contributed by atoms with van der Waals surface area (Å²) in [6.45, 7) is 2.14. The molecule has 98 valence electrons. The Bertz CT molecular complexity index is 364. The lowest BCUT2D eigenvalue weighted by atomic mass is 10.3. The van der Waals surface area contributed by atoms with Gasteiger partial charge in [0.15, 0.2) is 6.20 Å². The Kier molecular flexibility index (Phi) is 12.6. The van der Waals surface area contributed by atoms with Gasteiger partial charge in [-0.1, -0.05) is 27.3 Å². The fraction of sp³-hybridized carbons (Fsp3) is 0.333. The highest BCUT2D eigenvalue weighted by Gasteiger charge is 2.10. The number of hydrogen-bond acceptors (Lipinski definition) is 4. The van der Waals surface area contributed by atoms with E-state index in [1.54, 1.807) is 27.3 Å². The topological polar surface area (TPSA) is 64.3 Å². The lowest BCUT2D eigenvalue weighted by Gasteiger charge is -1.87. The van der Waals surface area contributed by atoms with Crippen LogP contribution in [0.3, 0.4) is 0 Å². The van der Waals surface area contributed by atoms with Crippen LogP contribution >= 0.6 is 22.7 Å². The molecule has 0 radical (unpaired) electrons. The summed E-state index contributed by atoms with van der Waals surface area (Å²) in [6, 6.07) is 0. The third-order valence-electron chi connectivity index (χ3n) is 1.82. The highest BCUT2D eigenvalue weighted by Crippen LogP contribution is 2.09. The van der Waals surface area contributed by atoms with Gasteiger partial charge in [-0.25, -0.2) is 10.8 Å². The monoisotopic (exact) mass is 403 g/mol. The van der Waals surface area contributed by atoms with E-state index in [9.17, 15) is 0 Å². The molecule has 0 saturated heterocycles. The van der Waals surface area contributed by atoms with Gasteiger partial charge in [0.25, 0.3) is 5.51 Å². The molecular weight excluding hydrogens is 390 g/mol. The number of aliphatic hydroxyl groups is 1. The molecule has 0 aromatic carbocycles. The summed E-state index contributed by atoms with van der Waals surface area (Å²) >= 11 is 3.24. The minimum atomic E-state index is 0. The quantitative estimate of drug-likeness (QED) is 0.387. The molecule has 2 heterocycles. The van der Waals surface area contributed by atoms with Crippen molar-refractivity contribution >= 4 is 22.7 Å². The fourth-order valence-corrected chi connectivity index (χ4v) is 2.24. The predicted molar refractivity (Wildman–Crippen MR) is 61.1 cm³/mol. The molecule has 2 rings (SSSR count). The molecule has 4 N–H and O–H groups in total. The van der Waals surface area contributed by atoms with Gasteiger partial charge in [0.1, 0.15) is 0 Å². The lowest BCUT2D eigenvalue weighted by molar-refractivity contribution is -0.640. The molecule has 4 nitrogen and oxygen atoms in total. The number of hydrogen-bond donors (Lipinski definition) is 2. The second-order valence-corrected chi connectivity index (χ2v) is 4.56. The molecule has 0 saturated carbocycles. The van der Waals surface area contributed by atoms with Crippen molar-refractivity contribution in [3.8, 4) is 0 Å². The summed E-state index contributed by atoms with van der Waals surface area (Å²) in [5.74, 6) is 5.52. The minimum Gasteiger partial charge on any atom is -1.00 e. The Morgan fingerprint density at radius 1 is 1.47 bits per heavy atom. The highest BCUT2D eigenvalue weighted by atomic mass is 79.9. The van der Waals surface area contributed by atoms with Crippen molar-refractivity contribution in [2.45, 2.75) is 13.3 Å². The van der Waals surface area contributed by atoms with E-state index >= 15 is 0 Å². The SMILES string of the molecule is Cc1c(CCO)sc[n+]1N.[Br-].[Br-].c1csc[nH+]1. The second-order valence-electron chi connectivity index (χ2n) is 2.84. The Morgan fingerprint density at radius 2 is 2.18 bits per heavy atom. The van der Waals surface area contributed by atoms with Crippen LogP contribution < -0.4 is 49.5 Å². The Labute approximate surface area is 130 Å². The van der Waals surface area contributed by atoms with Gasteiger partial charge in [-0.3, -0.25) is 0 Å². The van der Waals surface area contributed by atoms with Crippen LogP contribution in [0.4, 0.5) is 0 Å². The van der Waals surface area contributed by atoms with Crippen LogP contribution in [0.25, 0.3) is 0 Å². The van der Waals surface area contributed by atoms with Gasteiger partial charge in [0.2, 0.25) is 11.2 Å². The van der Waals surface area contributed by atoms with Crippen molar-refractivity contribution in [2.75, 3.05) is 12.4 Å². The van der Waals surface area contributed by atoms with E-state index in [4.69, 9.17) is 10.9 Å². The maximum atomic E-state index is 8.61. The normalized spacial score (nSPS) is 8.35. The summed E-state index contributed by atoms with van der Waals surface area (Å²) in [7, 11) is 0. The summed E-state index contributed by atoms with van der Waals surface area (Å²) < 4.78 is 1.58. The first-order chi connectivity index (χ1) is 7.25. The molecule has 0 amide bonds. The molecule has 2 aromatic rings. The van der Waals surface area contributed by atoms with Crippen LogP contribution in [0.1, 0.15) is 10.6 Å². The van der Waals surface area contributed by atoms with Crippen molar-refractivity contribution < 1.29 is 48.7 Å². The van der Waals surface area contributed by atoms with E-state index in [1.807, 2.05) is 29.5 Å². The number of aliphatic hydroxyl groups excluding tert-OH is 1. The predicted octanol–water partition coefficient (Wildman–Crippen LogP) is -5.84.